The van der Waals surface area contributed by atoms with E-state index in [0.717, 1.165) is 26.4 Å². The number of aromatic nitrogens is 4. The number of carbonyl (C=O) groups excluding carboxylic acids is 1. The molecule has 54 heavy (non-hydrogen) atoms. The van der Waals surface area contributed by atoms with Gasteiger partial charge >= 0.3 is 5.97 Å². The first-order valence-corrected chi connectivity index (χ1v) is 19.2. The number of benzene rings is 3. The molecule has 0 aliphatic carbocycles. The molecule has 0 saturated heterocycles. The molecule has 1 N–H and O–H groups in total. The number of fused-ring (bicyclic) bond motifs is 1. The van der Waals surface area contributed by atoms with Crippen LogP contribution in [0.1, 0.15) is 23.7 Å². The first-order chi connectivity index (χ1) is 26.2. The fraction of sp³-hybridized carbons (Fsp3) is 0.175. The van der Waals surface area contributed by atoms with E-state index in [1.54, 1.807) is 38.4 Å². The Morgan fingerprint density at radius 2 is 1.70 bits per heavy atom. The highest BCUT2D eigenvalue weighted by Gasteiger charge is 2.29. The summed E-state index contributed by atoms with van der Waals surface area (Å²) in [5, 5.41) is 11.2. The van der Waals surface area contributed by atoms with Crippen molar-refractivity contribution < 1.29 is 28.8 Å². The van der Waals surface area contributed by atoms with Gasteiger partial charge in [0, 0.05) is 23.1 Å². The Labute approximate surface area is 328 Å². The Kier molecular flexibility index (Phi) is 11.3. The Morgan fingerprint density at radius 3 is 2.48 bits per heavy atom. The number of aromatic hydroxyl groups is 1. The van der Waals surface area contributed by atoms with Gasteiger partial charge in [-0.15, -0.1) is 22.7 Å². The predicted octanol–water partition coefficient (Wildman–Crippen LogP) is 10.0. The third-order valence-corrected chi connectivity index (χ3v) is 11.5. The summed E-state index contributed by atoms with van der Waals surface area (Å²) in [5.74, 6) is 1.30. The highest BCUT2D eigenvalue weighted by molar-refractivity contribution is 7.27. The van der Waals surface area contributed by atoms with Crippen molar-refractivity contribution in [3.63, 3.8) is 0 Å². The Balaban J connectivity index is 1.23. The summed E-state index contributed by atoms with van der Waals surface area (Å²) >= 11 is 15.8. The van der Waals surface area contributed by atoms with Gasteiger partial charge in [0.2, 0.25) is 12.0 Å². The van der Waals surface area contributed by atoms with Crippen LogP contribution in [0.2, 0.25) is 9.36 Å². The number of carbonyl (C=O) groups is 1. The standard InChI is InChI=1S/C40H32Cl2N4O6S2/c1-4-50-40(48)30(19-23-9-5-7-11-28(23)51-20-24-17-18-43-37(46-24)26-10-6-8-12-29(26)49-3)52-38-34-33(25-13-14-27(47)35(42)22(25)2)36(31-15-16-32(41)53-31)54-39(34)45-21-44-38/h5-18,21,30,47H,4,19-20H2,1-3H3/t30-/m1/s1. The van der Waals surface area contributed by atoms with E-state index in [1.165, 1.54) is 29.0 Å². The maximum atomic E-state index is 13.6. The van der Waals surface area contributed by atoms with Crippen LogP contribution < -0.4 is 14.2 Å². The van der Waals surface area contributed by atoms with Crippen LogP contribution in [0.25, 0.3) is 42.5 Å². The number of thiophene rings is 2. The molecular formula is C40H32Cl2N4O6S2. The Bertz CT molecular complexity index is 2470. The third kappa shape index (κ3) is 7.69. The van der Waals surface area contributed by atoms with E-state index >= 15 is 0 Å². The first kappa shape index (κ1) is 37.1. The monoisotopic (exact) mass is 798 g/mol. The zero-order valence-corrected chi connectivity index (χ0v) is 32.4. The van der Waals surface area contributed by atoms with Crippen molar-refractivity contribution in [1.82, 2.24) is 19.9 Å². The molecule has 14 heteroatoms. The maximum absolute atomic E-state index is 13.6. The minimum Gasteiger partial charge on any atom is -0.506 e. The molecule has 0 saturated carbocycles. The van der Waals surface area contributed by atoms with E-state index in [1.807, 2.05) is 67.6 Å². The number of hydrogen-bond donors (Lipinski definition) is 1. The van der Waals surface area contributed by atoms with Crippen molar-refractivity contribution in [2.24, 2.45) is 0 Å². The van der Waals surface area contributed by atoms with E-state index in [2.05, 4.69) is 15.0 Å². The van der Waals surface area contributed by atoms with Gasteiger partial charge in [-0.3, -0.25) is 0 Å². The molecule has 4 aromatic heterocycles. The number of para-hydroxylation sites is 2. The van der Waals surface area contributed by atoms with Gasteiger partial charge in [-0.2, -0.15) is 0 Å². The molecule has 0 amide bonds. The topological polar surface area (TPSA) is 126 Å². The number of phenolic OH excluding ortho intramolecular Hbond substituents is 1. The normalized spacial score (nSPS) is 11.7. The summed E-state index contributed by atoms with van der Waals surface area (Å²) < 4.78 is 24.5. The fourth-order valence-electron chi connectivity index (χ4n) is 5.95. The Morgan fingerprint density at radius 1 is 0.907 bits per heavy atom. The van der Waals surface area contributed by atoms with Crippen molar-refractivity contribution in [3.05, 3.63) is 118 Å². The third-order valence-electron chi connectivity index (χ3n) is 8.50. The van der Waals surface area contributed by atoms with Gasteiger partial charge in [0.05, 0.1) is 44.6 Å². The number of halogens is 2. The SMILES string of the molecule is CCOC(=O)[C@@H](Cc1ccccc1OCc1ccnc(-c2ccccc2OC)n1)Oc1ncnc2sc(-c3ccc(Cl)s3)c(-c3ccc(O)c(Cl)c3C)c12. The molecule has 0 bridgehead atoms. The summed E-state index contributed by atoms with van der Waals surface area (Å²) in [6.07, 6.45) is 2.08. The minimum atomic E-state index is -1.11. The predicted molar refractivity (Wildman–Crippen MR) is 212 cm³/mol. The molecule has 274 valence electrons. The average molecular weight is 800 g/mol. The Hall–Kier alpha value is -5.27. The molecule has 0 aliphatic rings. The van der Waals surface area contributed by atoms with Crippen LogP contribution in [0.4, 0.5) is 0 Å². The molecule has 3 aromatic carbocycles. The molecule has 0 spiro atoms. The van der Waals surface area contributed by atoms with Gasteiger partial charge in [0.15, 0.2) is 5.82 Å². The molecule has 7 rings (SSSR count). The number of nitrogens with zero attached hydrogens (tertiary/aromatic N) is 4. The number of rotatable bonds is 13. The summed E-state index contributed by atoms with van der Waals surface area (Å²) in [6, 6.07) is 23.8. The second kappa shape index (κ2) is 16.4. The second-order valence-electron chi connectivity index (χ2n) is 11.9. The quantitative estimate of drug-likeness (QED) is 0.113. The van der Waals surface area contributed by atoms with Crippen LogP contribution in [0, 0.1) is 6.92 Å². The van der Waals surface area contributed by atoms with Crippen LogP contribution in [0.15, 0.2) is 91.4 Å². The van der Waals surface area contributed by atoms with Crippen LogP contribution in [0.3, 0.4) is 0 Å². The summed E-state index contributed by atoms with van der Waals surface area (Å²) in [4.78, 5) is 34.3. The highest BCUT2D eigenvalue weighted by atomic mass is 35.5. The van der Waals surface area contributed by atoms with E-state index in [-0.39, 0.29) is 36.3 Å². The zero-order valence-electron chi connectivity index (χ0n) is 29.2. The molecule has 0 unspecified atom stereocenters. The van der Waals surface area contributed by atoms with E-state index < -0.39 is 12.1 Å². The van der Waals surface area contributed by atoms with Gasteiger partial charge < -0.3 is 24.1 Å². The number of phenols is 1. The van der Waals surface area contributed by atoms with Crippen molar-refractivity contribution >= 4 is 62.1 Å². The molecule has 0 aliphatic heterocycles. The van der Waals surface area contributed by atoms with Gasteiger partial charge in [-0.05, 0) is 73.0 Å². The molecule has 0 radical (unpaired) electrons. The van der Waals surface area contributed by atoms with Crippen molar-refractivity contribution in [2.75, 3.05) is 13.7 Å². The lowest BCUT2D eigenvalue weighted by Gasteiger charge is -2.20. The number of ether oxygens (including phenoxy) is 4. The summed E-state index contributed by atoms with van der Waals surface area (Å²) in [6.45, 7) is 3.86. The van der Waals surface area contributed by atoms with E-state index in [9.17, 15) is 9.90 Å². The zero-order chi connectivity index (χ0) is 37.8. The van der Waals surface area contributed by atoms with E-state index in [4.69, 9.17) is 47.1 Å². The second-order valence-corrected chi connectivity index (χ2v) is 15.0. The number of methoxy groups -OCH3 is 1. The van der Waals surface area contributed by atoms with Crippen LogP contribution in [0.5, 0.6) is 23.1 Å². The largest absolute Gasteiger partial charge is 0.506 e. The minimum absolute atomic E-state index is 0.0364. The molecule has 1 atom stereocenters. The van der Waals surface area contributed by atoms with Crippen LogP contribution in [-0.4, -0.2) is 50.8 Å². The van der Waals surface area contributed by atoms with Crippen molar-refractivity contribution in [3.8, 4) is 55.4 Å². The van der Waals surface area contributed by atoms with Gasteiger partial charge in [0.1, 0.15) is 35.0 Å². The maximum Gasteiger partial charge on any atom is 0.347 e. The lowest BCUT2D eigenvalue weighted by atomic mass is 9.97. The van der Waals surface area contributed by atoms with Gasteiger partial charge in [0.25, 0.3) is 0 Å². The lowest BCUT2D eigenvalue weighted by molar-refractivity contribution is -0.151. The molecule has 10 nitrogen and oxygen atoms in total. The van der Waals surface area contributed by atoms with Gasteiger partial charge in [-0.25, -0.2) is 24.7 Å². The van der Waals surface area contributed by atoms with Gasteiger partial charge in [-0.1, -0.05) is 59.6 Å². The van der Waals surface area contributed by atoms with Crippen LogP contribution >= 0.6 is 45.9 Å². The van der Waals surface area contributed by atoms with Crippen molar-refractivity contribution in [2.45, 2.75) is 33.0 Å². The first-order valence-electron chi connectivity index (χ1n) is 16.8. The molecule has 7 aromatic rings. The van der Waals surface area contributed by atoms with Crippen molar-refractivity contribution in [1.29, 1.82) is 0 Å². The summed E-state index contributed by atoms with van der Waals surface area (Å²) in [7, 11) is 1.61. The van der Waals surface area contributed by atoms with Crippen LogP contribution in [-0.2, 0) is 22.6 Å². The molecule has 4 heterocycles. The number of hydrogen-bond acceptors (Lipinski definition) is 12. The average Bonchev–Trinajstić information content (AvgIpc) is 3.80. The lowest BCUT2D eigenvalue weighted by Crippen LogP contribution is -2.32. The summed E-state index contributed by atoms with van der Waals surface area (Å²) in [5.41, 5.74) is 4.27. The fourth-order valence-corrected chi connectivity index (χ4v) is 8.42. The smallest absolute Gasteiger partial charge is 0.347 e. The number of esters is 1. The van der Waals surface area contributed by atoms with E-state index in [0.29, 0.717) is 48.7 Å². The molecular weight excluding hydrogens is 768 g/mol. The molecule has 0 fully saturated rings. The highest BCUT2D eigenvalue weighted by Crippen LogP contribution is 2.51.